The van der Waals surface area contributed by atoms with Crippen molar-refractivity contribution in [3.63, 3.8) is 0 Å². The Labute approximate surface area is 121 Å². The van der Waals surface area contributed by atoms with E-state index in [1.807, 2.05) is 0 Å². The highest BCUT2D eigenvalue weighted by molar-refractivity contribution is 7.90. The van der Waals surface area contributed by atoms with Crippen molar-refractivity contribution in [1.29, 1.82) is 0 Å². The van der Waals surface area contributed by atoms with Gasteiger partial charge in [-0.1, -0.05) is 0 Å². The average molecular weight is 306 g/mol. The number of hydrogen-bond donors (Lipinski definition) is 3. The molecule has 2 rings (SSSR count). The zero-order chi connectivity index (χ0) is 15.6. The summed E-state index contributed by atoms with van der Waals surface area (Å²) in [7, 11) is -3.68. The number of hydrogen-bond acceptors (Lipinski definition) is 5. The highest BCUT2D eigenvalue weighted by Gasteiger charge is 2.19. The molecule has 2 aromatic rings. The van der Waals surface area contributed by atoms with Crippen molar-refractivity contribution in [2.75, 3.05) is 5.73 Å². The molecular formula is C14H14N2O4S. The number of sulfone groups is 1. The molecule has 0 atom stereocenters. The fourth-order valence-corrected chi connectivity index (χ4v) is 3.27. The highest BCUT2D eigenvalue weighted by atomic mass is 32.2. The molecule has 6 nitrogen and oxygen atoms in total. The maximum absolute atomic E-state index is 12.3. The van der Waals surface area contributed by atoms with Crippen LogP contribution in [0.3, 0.4) is 0 Å². The van der Waals surface area contributed by atoms with Gasteiger partial charge in [-0.15, -0.1) is 0 Å². The second-order valence-corrected chi connectivity index (χ2v) is 6.52. The predicted octanol–water partition coefficient (Wildman–Crippen LogP) is 1.05. The van der Waals surface area contributed by atoms with Gasteiger partial charge in [0.25, 0.3) is 0 Å². The van der Waals surface area contributed by atoms with E-state index in [-0.39, 0.29) is 21.8 Å². The number of rotatable bonds is 4. The van der Waals surface area contributed by atoms with Crippen molar-refractivity contribution in [3.8, 4) is 5.75 Å². The molecule has 0 radical (unpaired) electrons. The Morgan fingerprint density at radius 3 is 2.29 bits per heavy atom. The van der Waals surface area contributed by atoms with Crippen LogP contribution in [0.2, 0.25) is 0 Å². The summed E-state index contributed by atoms with van der Waals surface area (Å²) in [5.41, 5.74) is 11.4. The maximum Gasteiger partial charge on any atom is 0.249 e. The molecule has 2 aromatic carbocycles. The maximum atomic E-state index is 12.3. The first kappa shape index (κ1) is 14.9. The van der Waals surface area contributed by atoms with Gasteiger partial charge in [0.05, 0.1) is 10.6 Å². The number of phenolic OH excluding ortho intramolecular Hbond substituents is 1. The first-order valence-corrected chi connectivity index (χ1v) is 7.65. The average Bonchev–Trinajstić information content (AvgIpc) is 2.38. The summed E-state index contributed by atoms with van der Waals surface area (Å²) in [5, 5.41) is 9.46. The van der Waals surface area contributed by atoms with Crippen molar-refractivity contribution in [1.82, 2.24) is 0 Å². The largest absolute Gasteiger partial charge is 0.508 e. The minimum atomic E-state index is -3.68. The molecule has 1 amide bonds. The topological polar surface area (TPSA) is 123 Å². The molecule has 0 aliphatic heterocycles. The third-order valence-corrected chi connectivity index (χ3v) is 4.62. The van der Waals surface area contributed by atoms with E-state index in [0.29, 0.717) is 5.69 Å². The summed E-state index contributed by atoms with van der Waals surface area (Å²) < 4.78 is 24.6. The molecule has 0 fully saturated rings. The Balaban J connectivity index is 2.43. The quantitative estimate of drug-likeness (QED) is 0.728. The van der Waals surface area contributed by atoms with E-state index in [1.54, 1.807) is 0 Å². The van der Waals surface area contributed by atoms with Gasteiger partial charge >= 0.3 is 0 Å². The minimum absolute atomic E-state index is 0.0619. The van der Waals surface area contributed by atoms with Gasteiger partial charge < -0.3 is 16.6 Å². The van der Waals surface area contributed by atoms with Crippen LogP contribution < -0.4 is 11.5 Å². The SMILES string of the molecule is NC(=O)c1ccc(O)cc1CS(=O)(=O)c1ccc(N)cc1. The Bertz CT molecular complexity index is 783. The van der Waals surface area contributed by atoms with Crippen LogP contribution in [0, 0.1) is 0 Å². The molecule has 0 unspecified atom stereocenters. The molecule has 0 heterocycles. The summed E-state index contributed by atoms with van der Waals surface area (Å²) in [4.78, 5) is 11.4. The molecule has 0 saturated carbocycles. The monoisotopic (exact) mass is 306 g/mol. The number of nitrogen functional groups attached to an aromatic ring is 1. The zero-order valence-electron chi connectivity index (χ0n) is 11.0. The minimum Gasteiger partial charge on any atom is -0.508 e. The third-order valence-electron chi connectivity index (χ3n) is 2.94. The van der Waals surface area contributed by atoms with Crippen molar-refractivity contribution in [3.05, 3.63) is 53.6 Å². The van der Waals surface area contributed by atoms with E-state index in [9.17, 15) is 18.3 Å². The molecule has 7 heteroatoms. The molecule has 21 heavy (non-hydrogen) atoms. The Morgan fingerprint density at radius 1 is 1.10 bits per heavy atom. The molecule has 0 aliphatic rings. The van der Waals surface area contributed by atoms with Gasteiger partial charge in [-0.2, -0.15) is 0 Å². The van der Waals surface area contributed by atoms with Crippen molar-refractivity contribution >= 4 is 21.4 Å². The molecule has 0 saturated heterocycles. The van der Waals surface area contributed by atoms with Crippen LogP contribution in [0.15, 0.2) is 47.4 Å². The van der Waals surface area contributed by atoms with Crippen LogP contribution in [0.4, 0.5) is 5.69 Å². The molecule has 0 bridgehead atoms. The van der Waals surface area contributed by atoms with Crippen LogP contribution in [0.25, 0.3) is 0 Å². The summed E-state index contributed by atoms with van der Waals surface area (Å²) in [5.74, 6) is -1.33. The summed E-state index contributed by atoms with van der Waals surface area (Å²) in [6, 6.07) is 9.52. The first-order valence-electron chi connectivity index (χ1n) is 5.99. The smallest absolute Gasteiger partial charge is 0.249 e. The number of anilines is 1. The van der Waals surface area contributed by atoms with Gasteiger partial charge in [-0.05, 0) is 48.0 Å². The Hall–Kier alpha value is -2.54. The number of carbonyl (C=O) groups is 1. The van der Waals surface area contributed by atoms with Crippen LogP contribution in [-0.2, 0) is 15.6 Å². The Morgan fingerprint density at radius 2 is 1.71 bits per heavy atom. The second kappa shape index (κ2) is 5.45. The molecule has 110 valence electrons. The standard InChI is InChI=1S/C14H14N2O4S/c15-10-1-4-12(5-2-10)21(19,20)8-9-7-11(17)3-6-13(9)14(16)18/h1-7,17H,8,15H2,(H2,16,18). The summed E-state index contributed by atoms with van der Waals surface area (Å²) in [6.07, 6.45) is 0. The number of benzene rings is 2. The van der Waals surface area contributed by atoms with Gasteiger partial charge in [0.2, 0.25) is 5.91 Å². The van der Waals surface area contributed by atoms with Crippen LogP contribution in [0.1, 0.15) is 15.9 Å². The van der Waals surface area contributed by atoms with Crippen molar-refractivity contribution in [2.45, 2.75) is 10.6 Å². The van der Waals surface area contributed by atoms with Gasteiger partial charge in [0.1, 0.15) is 5.75 Å². The number of phenols is 1. The number of nitrogens with two attached hydrogens (primary N) is 2. The zero-order valence-corrected chi connectivity index (χ0v) is 11.8. The van der Waals surface area contributed by atoms with E-state index in [4.69, 9.17) is 11.5 Å². The summed E-state index contributed by atoms with van der Waals surface area (Å²) >= 11 is 0. The van der Waals surface area contributed by atoms with E-state index in [2.05, 4.69) is 0 Å². The predicted molar refractivity (Wildman–Crippen MR) is 78.4 cm³/mol. The Kier molecular flexibility index (Phi) is 3.86. The summed E-state index contributed by atoms with van der Waals surface area (Å²) in [6.45, 7) is 0. The number of carbonyl (C=O) groups excluding carboxylic acids is 1. The van der Waals surface area contributed by atoms with Crippen LogP contribution >= 0.6 is 0 Å². The molecule has 5 N–H and O–H groups in total. The normalized spacial score (nSPS) is 11.2. The fourth-order valence-electron chi connectivity index (χ4n) is 1.90. The fraction of sp³-hybridized carbons (Fsp3) is 0.0714. The molecular weight excluding hydrogens is 292 g/mol. The van der Waals surface area contributed by atoms with E-state index < -0.39 is 21.5 Å². The lowest BCUT2D eigenvalue weighted by Crippen LogP contribution is -2.16. The van der Waals surface area contributed by atoms with E-state index >= 15 is 0 Å². The van der Waals surface area contributed by atoms with Gasteiger partial charge in [0, 0.05) is 11.3 Å². The second-order valence-electron chi connectivity index (χ2n) is 4.53. The molecule has 0 aliphatic carbocycles. The van der Waals surface area contributed by atoms with Gasteiger partial charge in [-0.25, -0.2) is 8.42 Å². The van der Waals surface area contributed by atoms with Gasteiger partial charge in [-0.3, -0.25) is 4.79 Å². The number of primary amides is 1. The number of aromatic hydroxyl groups is 1. The lowest BCUT2D eigenvalue weighted by Gasteiger charge is -2.09. The lowest BCUT2D eigenvalue weighted by atomic mass is 10.1. The van der Waals surface area contributed by atoms with Crippen molar-refractivity contribution < 1.29 is 18.3 Å². The molecule has 0 aromatic heterocycles. The highest BCUT2D eigenvalue weighted by Crippen LogP contribution is 2.23. The first-order chi connectivity index (χ1) is 9.79. The van der Waals surface area contributed by atoms with E-state index in [0.717, 1.165) is 0 Å². The van der Waals surface area contributed by atoms with Crippen LogP contribution in [-0.4, -0.2) is 19.4 Å². The number of amides is 1. The van der Waals surface area contributed by atoms with Gasteiger partial charge in [0.15, 0.2) is 9.84 Å². The molecule has 0 spiro atoms. The lowest BCUT2D eigenvalue weighted by molar-refractivity contribution is 0.0999. The van der Waals surface area contributed by atoms with Crippen LogP contribution in [0.5, 0.6) is 5.75 Å². The van der Waals surface area contributed by atoms with Crippen molar-refractivity contribution in [2.24, 2.45) is 5.73 Å². The van der Waals surface area contributed by atoms with E-state index in [1.165, 1.54) is 42.5 Å². The third kappa shape index (κ3) is 3.32.